The second-order valence-corrected chi connectivity index (χ2v) is 8.21. The van der Waals surface area contributed by atoms with Crippen molar-refractivity contribution in [2.45, 2.75) is 24.8 Å². The molecule has 2 heterocycles. The minimum absolute atomic E-state index is 0.0675. The van der Waals surface area contributed by atoms with Crippen molar-refractivity contribution in [2.75, 3.05) is 0 Å². The van der Waals surface area contributed by atoms with Crippen molar-refractivity contribution in [3.05, 3.63) is 51.2 Å². The molecular weight excluding hydrogens is 366 g/mol. The summed E-state index contributed by atoms with van der Waals surface area (Å²) in [5.41, 5.74) is 0.533. The molecule has 0 unspecified atom stereocenters. The number of aromatic amines is 1. The van der Waals surface area contributed by atoms with Gasteiger partial charge in [-0.05, 0) is 18.6 Å². The van der Waals surface area contributed by atoms with Gasteiger partial charge in [-0.1, -0.05) is 25.1 Å². The highest BCUT2D eigenvalue weighted by Gasteiger charge is 2.20. The highest BCUT2D eigenvalue weighted by Crippen LogP contribution is 2.30. The molecule has 0 aliphatic heterocycles. The van der Waals surface area contributed by atoms with Crippen LogP contribution in [-0.4, -0.2) is 22.5 Å². The number of halogens is 1. The molecule has 0 radical (unpaired) electrons. The van der Waals surface area contributed by atoms with E-state index in [0.29, 0.717) is 29.7 Å². The smallest absolute Gasteiger partial charge is 0.331 e. The van der Waals surface area contributed by atoms with Crippen molar-refractivity contribution < 1.29 is 8.42 Å². The van der Waals surface area contributed by atoms with E-state index in [1.54, 1.807) is 31.3 Å². The van der Waals surface area contributed by atoms with Crippen molar-refractivity contribution in [1.29, 1.82) is 0 Å². The molecule has 0 aliphatic carbocycles. The van der Waals surface area contributed by atoms with Gasteiger partial charge >= 0.3 is 5.69 Å². The molecule has 0 bridgehead atoms. The number of H-pyrrole nitrogens is 1. The van der Waals surface area contributed by atoms with Crippen LogP contribution >= 0.6 is 10.7 Å². The number of nitrogens with one attached hydrogen (secondary N) is 1. The van der Waals surface area contributed by atoms with E-state index in [1.807, 2.05) is 6.92 Å². The summed E-state index contributed by atoms with van der Waals surface area (Å²) in [6.07, 6.45) is 0.640. The number of benzene rings is 1. The molecule has 0 aliphatic rings. The quantitative estimate of drug-likeness (QED) is 0.699. The van der Waals surface area contributed by atoms with Gasteiger partial charge < -0.3 is 4.98 Å². The number of rotatable bonds is 4. The fraction of sp³-hybridized carbons (Fsp3) is 0.250. The van der Waals surface area contributed by atoms with E-state index in [4.69, 9.17) is 10.7 Å². The van der Waals surface area contributed by atoms with E-state index in [0.717, 1.165) is 4.57 Å². The minimum Gasteiger partial charge on any atom is -0.349 e. The topological polar surface area (TPSA) is 93.9 Å². The molecule has 3 rings (SSSR count). The van der Waals surface area contributed by atoms with Crippen LogP contribution in [0.25, 0.3) is 22.3 Å². The monoisotopic (exact) mass is 381 g/mol. The molecule has 1 aromatic carbocycles. The Morgan fingerprint density at radius 2 is 1.88 bits per heavy atom. The lowest BCUT2D eigenvalue weighted by molar-refractivity contribution is 0.594. The summed E-state index contributed by atoms with van der Waals surface area (Å²) >= 11 is 0. The third-order valence-electron chi connectivity index (χ3n) is 4.02. The van der Waals surface area contributed by atoms with Gasteiger partial charge in [0.25, 0.3) is 14.6 Å². The van der Waals surface area contributed by atoms with E-state index in [2.05, 4.69) is 4.98 Å². The zero-order valence-corrected chi connectivity index (χ0v) is 15.2. The van der Waals surface area contributed by atoms with Gasteiger partial charge in [-0.2, -0.15) is 0 Å². The molecule has 0 spiro atoms. The summed E-state index contributed by atoms with van der Waals surface area (Å²) in [5, 5.41) is 0. The third kappa shape index (κ3) is 2.91. The highest BCUT2D eigenvalue weighted by molar-refractivity contribution is 8.13. The molecule has 25 heavy (non-hydrogen) atoms. The summed E-state index contributed by atoms with van der Waals surface area (Å²) in [4.78, 5) is 27.8. The average Bonchev–Trinajstić information content (AvgIpc) is 3.01. The van der Waals surface area contributed by atoms with Gasteiger partial charge in [-0.25, -0.2) is 13.2 Å². The van der Waals surface area contributed by atoms with Crippen molar-refractivity contribution in [3.63, 3.8) is 0 Å². The first-order chi connectivity index (χ1) is 11.8. The fourth-order valence-electron chi connectivity index (χ4n) is 2.84. The molecule has 9 heteroatoms. The molecule has 0 fully saturated rings. The molecule has 132 valence electrons. The molecule has 2 aromatic heterocycles. The summed E-state index contributed by atoms with van der Waals surface area (Å²) < 4.78 is 26.1. The standard InChI is InChI=1S/C16H16ClN3O4S/c1-3-8-20-15(21)14-12(19(2)16(20)22)9-11(18-14)10-6-4-5-7-13(10)25(17,23)24/h4-7,9,18H,3,8H2,1-2H3. The van der Waals surface area contributed by atoms with Crippen LogP contribution in [0.5, 0.6) is 0 Å². The molecule has 3 aromatic rings. The maximum atomic E-state index is 12.6. The lowest BCUT2D eigenvalue weighted by Crippen LogP contribution is -2.38. The number of hydrogen-bond acceptors (Lipinski definition) is 4. The van der Waals surface area contributed by atoms with E-state index in [-0.39, 0.29) is 10.4 Å². The SMILES string of the molecule is CCCn1c(=O)c2[nH]c(-c3ccccc3S(=O)(=O)Cl)cc2n(C)c1=O. The molecule has 0 saturated heterocycles. The van der Waals surface area contributed by atoms with Crippen LogP contribution in [0, 0.1) is 0 Å². The zero-order valence-electron chi connectivity index (χ0n) is 13.6. The minimum atomic E-state index is -3.96. The van der Waals surface area contributed by atoms with Crippen LogP contribution in [0.1, 0.15) is 13.3 Å². The number of nitrogens with zero attached hydrogens (tertiary/aromatic N) is 2. The molecule has 0 saturated carbocycles. The Morgan fingerprint density at radius 1 is 1.20 bits per heavy atom. The van der Waals surface area contributed by atoms with Gasteiger partial charge in [0, 0.05) is 35.5 Å². The van der Waals surface area contributed by atoms with Crippen LogP contribution in [-0.2, 0) is 22.6 Å². The molecule has 7 nitrogen and oxygen atoms in total. The Hall–Kier alpha value is -2.32. The maximum Gasteiger partial charge on any atom is 0.331 e. The predicted molar refractivity (Wildman–Crippen MR) is 96.6 cm³/mol. The Kier molecular flexibility index (Phi) is 4.34. The van der Waals surface area contributed by atoms with Gasteiger partial charge in [-0.15, -0.1) is 0 Å². The predicted octanol–water partition coefficient (Wildman–Crippen LogP) is 2.03. The second kappa shape index (κ2) is 6.20. The summed E-state index contributed by atoms with van der Waals surface area (Å²) in [7, 11) is 3.11. The lowest BCUT2D eigenvalue weighted by Gasteiger charge is -2.06. The first-order valence-electron chi connectivity index (χ1n) is 7.62. The number of hydrogen-bond donors (Lipinski definition) is 1. The molecule has 1 N–H and O–H groups in total. The van der Waals surface area contributed by atoms with Crippen LogP contribution < -0.4 is 11.2 Å². The fourth-order valence-corrected chi connectivity index (χ4v) is 3.93. The molecule has 0 amide bonds. The maximum absolute atomic E-state index is 12.6. The summed E-state index contributed by atoms with van der Waals surface area (Å²) in [5.74, 6) is 0. The van der Waals surface area contributed by atoms with Gasteiger partial charge in [0.1, 0.15) is 5.52 Å². The van der Waals surface area contributed by atoms with Gasteiger partial charge in [0.2, 0.25) is 0 Å². The largest absolute Gasteiger partial charge is 0.349 e. The van der Waals surface area contributed by atoms with E-state index >= 15 is 0 Å². The van der Waals surface area contributed by atoms with Crippen LogP contribution in [0.2, 0.25) is 0 Å². The van der Waals surface area contributed by atoms with Crippen LogP contribution in [0.4, 0.5) is 0 Å². The Balaban J connectivity index is 2.36. The lowest BCUT2D eigenvalue weighted by atomic mass is 10.1. The summed E-state index contributed by atoms with van der Waals surface area (Å²) in [6, 6.07) is 7.78. The zero-order chi connectivity index (χ0) is 18.4. The number of aryl methyl sites for hydroxylation is 1. The van der Waals surface area contributed by atoms with E-state index < -0.39 is 20.3 Å². The number of aromatic nitrogens is 3. The van der Waals surface area contributed by atoms with Crippen LogP contribution in [0.3, 0.4) is 0 Å². The van der Waals surface area contributed by atoms with Gasteiger partial charge in [0.05, 0.1) is 10.4 Å². The Morgan fingerprint density at radius 3 is 2.52 bits per heavy atom. The van der Waals surface area contributed by atoms with Gasteiger partial charge in [0.15, 0.2) is 0 Å². The first-order valence-corrected chi connectivity index (χ1v) is 9.93. The van der Waals surface area contributed by atoms with Crippen molar-refractivity contribution in [3.8, 4) is 11.3 Å². The van der Waals surface area contributed by atoms with Crippen molar-refractivity contribution >= 4 is 30.8 Å². The normalized spacial score (nSPS) is 12.0. The van der Waals surface area contributed by atoms with E-state index in [9.17, 15) is 18.0 Å². The second-order valence-electron chi connectivity index (χ2n) is 5.68. The van der Waals surface area contributed by atoms with Crippen molar-refractivity contribution in [1.82, 2.24) is 14.1 Å². The van der Waals surface area contributed by atoms with Crippen LogP contribution in [0.15, 0.2) is 44.8 Å². The Bertz CT molecular complexity index is 1190. The number of fused-ring (bicyclic) bond motifs is 1. The Labute approximate surface area is 147 Å². The van der Waals surface area contributed by atoms with E-state index in [1.165, 1.54) is 10.6 Å². The summed E-state index contributed by atoms with van der Waals surface area (Å²) in [6.45, 7) is 2.18. The van der Waals surface area contributed by atoms with Gasteiger partial charge in [-0.3, -0.25) is 13.9 Å². The highest BCUT2D eigenvalue weighted by atomic mass is 35.7. The first kappa shape index (κ1) is 17.5. The third-order valence-corrected chi connectivity index (χ3v) is 5.40. The molecule has 0 atom stereocenters. The average molecular weight is 382 g/mol. The van der Waals surface area contributed by atoms with Crippen molar-refractivity contribution in [2.24, 2.45) is 7.05 Å². The molecular formula is C16H16ClN3O4S.